The second-order valence-electron chi connectivity index (χ2n) is 5.49. The van der Waals surface area contributed by atoms with Gasteiger partial charge in [-0.2, -0.15) is 0 Å². The average Bonchev–Trinajstić information content (AvgIpc) is 1.77. The summed E-state index contributed by atoms with van der Waals surface area (Å²) in [5, 5.41) is 0. The predicted molar refractivity (Wildman–Crippen MR) is 68.4 cm³/mol. The van der Waals surface area contributed by atoms with Gasteiger partial charge in [0.1, 0.15) is 0 Å². The van der Waals surface area contributed by atoms with Crippen molar-refractivity contribution in [2.24, 2.45) is 0 Å². The van der Waals surface area contributed by atoms with E-state index in [0.717, 1.165) is 0 Å². The van der Waals surface area contributed by atoms with Gasteiger partial charge in [-0.15, -0.1) is 0 Å². The first-order chi connectivity index (χ1) is 5.19. The fraction of sp³-hybridized carbons (Fsp3) is 1.00. The standard InChI is InChI=1S/C8H25NSi3/c1-7(2,3)9(11-12-10)8(4,5)6/h11-12H2,1-6,10H3. The van der Waals surface area contributed by atoms with Crippen LogP contribution in [0.5, 0.6) is 0 Å². The van der Waals surface area contributed by atoms with E-state index in [2.05, 4.69) is 46.1 Å². The minimum atomic E-state index is 0.161. The Balaban J connectivity index is 4.45. The molecule has 0 aliphatic rings. The lowest BCUT2D eigenvalue weighted by Crippen LogP contribution is -2.56. The summed E-state index contributed by atoms with van der Waals surface area (Å²) in [7, 11) is 2.09. The summed E-state index contributed by atoms with van der Waals surface area (Å²) < 4.78 is 2.79. The Morgan fingerprint density at radius 2 is 1.25 bits per heavy atom. The molecule has 1 nitrogen and oxygen atoms in total. The molecule has 0 atom stereocenters. The van der Waals surface area contributed by atoms with Crippen molar-refractivity contribution in [3.05, 3.63) is 0 Å². The third-order valence-corrected chi connectivity index (χ3v) is 11.6. The molecule has 74 valence electrons. The average molecular weight is 220 g/mol. The lowest BCUT2D eigenvalue weighted by Gasteiger charge is -2.45. The number of rotatable bonds is 2. The van der Waals surface area contributed by atoms with E-state index in [1.165, 1.54) is 9.76 Å². The van der Waals surface area contributed by atoms with Crippen LogP contribution in [0, 0.1) is 0 Å². The number of nitrogens with zero attached hydrogens (tertiary/aromatic N) is 1. The van der Waals surface area contributed by atoms with Crippen molar-refractivity contribution in [1.29, 1.82) is 0 Å². The van der Waals surface area contributed by atoms with E-state index in [4.69, 9.17) is 0 Å². The van der Waals surface area contributed by atoms with Gasteiger partial charge in [0, 0.05) is 19.6 Å². The first-order valence-electron chi connectivity index (χ1n) is 4.97. The van der Waals surface area contributed by atoms with Crippen LogP contribution in [-0.2, 0) is 0 Å². The van der Waals surface area contributed by atoms with E-state index in [0.29, 0.717) is 19.6 Å². The van der Waals surface area contributed by atoms with Gasteiger partial charge in [-0.25, -0.2) is 0 Å². The van der Waals surface area contributed by atoms with Gasteiger partial charge in [0.15, 0.2) is 0 Å². The van der Waals surface area contributed by atoms with Crippen LogP contribution in [0.1, 0.15) is 41.5 Å². The van der Waals surface area contributed by atoms with Gasteiger partial charge in [0.2, 0.25) is 0 Å². The van der Waals surface area contributed by atoms with Crippen molar-refractivity contribution < 1.29 is 0 Å². The molecule has 0 spiro atoms. The van der Waals surface area contributed by atoms with Crippen molar-refractivity contribution in [1.82, 2.24) is 4.57 Å². The van der Waals surface area contributed by atoms with E-state index >= 15 is 0 Å². The van der Waals surface area contributed by atoms with Gasteiger partial charge in [-0.3, -0.25) is 0 Å². The predicted octanol–water partition coefficient (Wildman–Crippen LogP) is -0.667. The normalized spacial score (nSPS) is 16.2. The third kappa shape index (κ3) is 4.02. The maximum atomic E-state index is 2.79. The molecular formula is C8H25NSi3. The summed E-state index contributed by atoms with van der Waals surface area (Å²) >= 11 is 0. The molecule has 0 aromatic rings. The highest BCUT2D eigenvalue weighted by atomic mass is 29.5. The first kappa shape index (κ1) is 12.6. The Labute approximate surface area is 85.0 Å². The van der Waals surface area contributed by atoms with Gasteiger partial charge in [-0.1, -0.05) is 0 Å². The van der Waals surface area contributed by atoms with Gasteiger partial charge in [0.05, 0.1) is 9.20 Å². The van der Waals surface area contributed by atoms with Crippen LogP contribution in [0.3, 0.4) is 0 Å². The smallest absolute Gasteiger partial charge is 0.0773 e. The molecule has 0 heterocycles. The lowest BCUT2D eigenvalue weighted by atomic mass is 10.0. The topological polar surface area (TPSA) is 3.24 Å². The highest BCUT2D eigenvalue weighted by Crippen LogP contribution is 2.22. The van der Waals surface area contributed by atoms with Gasteiger partial charge >= 0.3 is 0 Å². The molecule has 0 bridgehead atoms. The minimum absolute atomic E-state index is 0.161. The Bertz CT molecular complexity index is 120. The van der Waals surface area contributed by atoms with Crippen molar-refractivity contribution in [3.8, 4) is 0 Å². The monoisotopic (exact) mass is 219 g/mol. The first-order valence-corrected chi connectivity index (χ1v) is 15.3. The zero-order chi connectivity index (χ0) is 9.99. The molecular weight excluding hydrogens is 194 g/mol. The van der Waals surface area contributed by atoms with E-state index in [9.17, 15) is 0 Å². The van der Waals surface area contributed by atoms with Crippen LogP contribution < -0.4 is 0 Å². The SMILES string of the molecule is CC(C)(C)N([SiH2][SiH2][SiH3])C(C)(C)C. The fourth-order valence-electron chi connectivity index (χ4n) is 1.90. The lowest BCUT2D eigenvalue weighted by molar-refractivity contribution is 0.142. The maximum Gasteiger partial charge on any atom is 0.0773 e. The molecule has 0 aromatic heterocycles. The van der Waals surface area contributed by atoms with Crippen molar-refractivity contribution in [2.45, 2.75) is 52.6 Å². The summed E-state index contributed by atoms with van der Waals surface area (Å²) in [5.74, 6) is 0. The molecule has 0 amide bonds. The van der Waals surface area contributed by atoms with Crippen LogP contribution in [0.15, 0.2) is 0 Å². The van der Waals surface area contributed by atoms with E-state index in [1.807, 2.05) is 0 Å². The fourth-order valence-corrected chi connectivity index (χ4v) is 13.1. The summed E-state index contributed by atoms with van der Waals surface area (Å²) in [6.45, 7) is 14.1. The molecule has 0 aliphatic heterocycles. The zero-order valence-electron chi connectivity index (χ0n) is 9.86. The maximum absolute atomic E-state index is 2.79. The van der Waals surface area contributed by atoms with Crippen LogP contribution in [-0.4, -0.2) is 43.2 Å². The van der Waals surface area contributed by atoms with E-state index < -0.39 is 0 Å². The molecule has 4 heteroatoms. The highest BCUT2D eigenvalue weighted by Gasteiger charge is 2.29. The van der Waals surface area contributed by atoms with Crippen LogP contribution in [0.2, 0.25) is 0 Å². The summed E-state index contributed by atoms with van der Waals surface area (Å²) in [6, 6.07) is 0. The summed E-state index contributed by atoms with van der Waals surface area (Å²) in [4.78, 5) is 0. The summed E-state index contributed by atoms with van der Waals surface area (Å²) in [6.07, 6.45) is 0. The molecule has 0 saturated carbocycles. The second kappa shape index (κ2) is 4.21. The quantitative estimate of drug-likeness (QED) is 0.557. The largest absolute Gasteiger partial charge is 0.323 e. The molecule has 0 aromatic carbocycles. The van der Waals surface area contributed by atoms with Gasteiger partial charge in [-0.05, 0) is 51.3 Å². The van der Waals surface area contributed by atoms with E-state index in [1.54, 1.807) is 0 Å². The molecule has 0 rings (SSSR count). The molecule has 12 heavy (non-hydrogen) atoms. The minimum Gasteiger partial charge on any atom is -0.323 e. The Hall–Kier alpha value is 0.611. The molecule has 0 radical (unpaired) electrons. The molecule has 0 unspecified atom stereocenters. The van der Waals surface area contributed by atoms with Crippen molar-refractivity contribution in [3.63, 3.8) is 0 Å². The molecule has 0 N–H and O–H groups in total. The Morgan fingerprint density at radius 3 is 1.33 bits per heavy atom. The third-order valence-electron chi connectivity index (χ3n) is 2.07. The van der Waals surface area contributed by atoms with Crippen LogP contribution in [0.25, 0.3) is 0 Å². The number of hydrogen-bond acceptors (Lipinski definition) is 1. The Morgan fingerprint density at radius 1 is 0.917 bits per heavy atom. The molecule has 0 fully saturated rings. The van der Waals surface area contributed by atoms with Gasteiger partial charge in [0.25, 0.3) is 0 Å². The zero-order valence-corrected chi connectivity index (χ0v) is 14.7. The van der Waals surface area contributed by atoms with E-state index in [-0.39, 0.29) is 9.20 Å². The van der Waals surface area contributed by atoms with Crippen LogP contribution >= 0.6 is 0 Å². The van der Waals surface area contributed by atoms with Crippen LogP contribution in [0.4, 0.5) is 0 Å². The second-order valence-corrected chi connectivity index (χ2v) is 20.9. The van der Waals surface area contributed by atoms with Gasteiger partial charge < -0.3 is 4.57 Å². The number of hydrogen-bond donors (Lipinski definition) is 0. The van der Waals surface area contributed by atoms with Crippen molar-refractivity contribution >= 4 is 27.5 Å². The Kier molecular flexibility index (Phi) is 4.43. The molecule has 0 aliphatic carbocycles. The molecule has 0 saturated heterocycles. The highest BCUT2D eigenvalue weighted by molar-refractivity contribution is 7.23. The van der Waals surface area contributed by atoms with Crippen molar-refractivity contribution in [2.75, 3.05) is 0 Å². The summed E-state index contributed by atoms with van der Waals surface area (Å²) in [5.41, 5.74) is 0.809.